The van der Waals surface area contributed by atoms with Gasteiger partial charge >= 0.3 is 0 Å². The number of nitrogens with two attached hydrogens (primary N) is 1. The Kier molecular flexibility index (Phi) is 2.72. The number of nitrogen functional groups attached to an aromatic ring is 1. The van der Waals surface area contributed by atoms with Gasteiger partial charge in [-0.1, -0.05) is 12.1 Å². The molecular formula is C13H15N5. The van der Waals surface area contributed by atoms with E-state index in [9.17, 15) is 0 Å². The van der Waals surface area contributed by atoms with Gasteiger partial charge in [0.05, 0.1) is 17.4 Å². The lowest BCUT2D eigenvalue weighted by Gasteiger charge is -2.06. The van der Waals surface area contributed by atoms with Crippen molar-refractivity contribution >= 4 is 17.0 Å². The normalized spacial score (nSPS) is 11.1. The zero-order valence-corrected chi connectivity index (χ0v) is 10.0. The highest BCUT2D eigenvalue weighted by Crippen LogP contribution is 2.17. The highest BCUT2D eigenvalue weighted by atomic mass is 15.2. The van der Waals surface area contributed by atoms with Crippen LogP contribution in [0.4, 0.5) is 5.95 Å². The van der Waals surface area contributed by atoms with Crippen LogP contribution in [0.2, 0.25) is 0 Å². The standard InChI is InChI=1S/C13H15N5/c14-13-16-11-4-1-2-5-12(11)18(13)8-3-7-17-9-6-15-10-17/h1-2,4-6,9-10H,3,7-8H2,(H2,14,16). The van der Waals surface area contributed by atoms with Gasteiger partial charge in [-0.15, -0.1) is 0 Å². The van der Waals surface area contributed by atoms with Crippen LogP contribution in [0.15, 0.2) is 43.0 Å². The van der Waals surface area contributed by atoms with E-state index in [4.69, 9.17) is 5.73 Å². The Morgan fingerprint density at radius 2 is 2.06 bits per heavy atom. The average Bonchev–Trinajstić information content (AvgIpc) is 2.98. The summed E-state index contributed by atoms with van der Waals surface area (Å²) in [6, 6.07) is 8.02. The van der Waals surface area contributed by atoms with Crippen LogP contribution >= 0.6 is 0 Å². The summed E-state index contributed by atoms with van der Waals surface area (Å²) in [6.45, 7) is 1.80. The molecule has 5 heteroatoms. The third kappa shape index (κ3) is 1.95. The number of nitrogens with zero attached hydrogens (tertiary/aromatic N) is 4. The van der Waals surface area contributed by atoms with Crippen LogP contribution < -0.4 is 5.73 Å². The maximum atomic E-state index is 5.95. The van der Waals surface area contributed by atoms with E-state index in [0.717, 1.165) is 30.5 Å². The summed E-state index contributed by atoms with van der Waals surface area (Å²) in [4.78, 5) is 8.37. The van der Waals surface area contributed by atoms with Crippen LogP contribution in [0.3, 0.4) is 0 Å². The van der Waals surface area contributed by atoms with Crippen molar-refractivity contribution in [2.45, 2.75) is 19.5 Å². The number of fused-ring (bicyclic) bond motifs is 1. The van der Waals surface area contributed by atoms with Gasteiger partial charge < -0.3 is 14.9 Å². The molecule has 2 aromatic heterocycles. The Bertz CT molecular complexity index is 639. The quantitative estimate of drug-likeness (QED) is 0.759. The van der Waals surface area contributed by atoms with Crippen molar-refractivity contribution in [2.75, 3.05) is 5.73 Å². The van der Waals surface area contributed by atoms with Crippen molar-refractivity contribution in [3.8, 4) is 0 Å². The van der Waals surface area contributed by atoms with Gasteiger partial charge in [-0.3, -0.25) is 0 Å². The summed E-state index contributed by atoms with van der Waals surface area (Å²) in [5.41, 5.74) is 8.00. The van der Waals surface area contributed by atoms with Crippen LogP contribution in [0.1, 0.15) is 6.42 Å². The van der Waals surface area contributed by atoms with Crippen LogP contribution in [0.5, 0.6) is 0 Å². The van der Waals surface area contributed by atoms with E-state index in [1.165, 1.54) is 0 Å². The number of hydrogen-bond donors (Lipinski definition) is 1. The van der Waals surface area contributed by atoms with Gasteiger partial charge in [0.25, 0.3) is 0 Å². The minimum atomic E-state index is 0.585. The molecule has 0 aliphatic carbocycles. The van der Waals surface area contributed by atoms with E-state index in [0.29, 0.717) is 5.95 Å². The zero-order chi connectivity index (χ0) is 12.4. The van der Waals surface area contributed by atoms with Crippen LogP contribution in [-0.4, -0.2) is 19.1 Å². The van der Waals surface area contributed by atoms with E-state index in [1.54, 1.807) is 6.20 Å². The molecule has 3 rings (SSSR count). The molecule has 92 valence electrons. The topological polar surface area (TPSA) is 61.7 Å². The Morgan fingerprint density at radius 3 is 2.89 bits per heavy atom. The molecule has 2 heterocycles. The first-order valence-electron chi connectivity index (χ1n) is 6.01. The highest BCUT2D eigenvalue weighted by Gasteiger charge is 2.06. The lowest BCUT2D eigenvalue weighted by atomic mass is 10.3. The predicted molar refractivity (Wildman–Crippen MR) is 71.0 cm³/mol. The van der Waals surface area contributed by atoms with Crippen molar-refractivity contribution in [3.05, 3.63) is 43.0 Å². The number of aromatic nitrogens is 4. The van der Waals surface area contributed by atoms with Crippen molar-refractivity contribution in [1.82, 2.24) is 19.1 Å². The Hall–Kier alpha value is -2.30. The van der Waals surface area contributed by atoms with Gasteiger partial charge in [0.1, 0.15) is 0 Å². The van der Waals surface area contributed by atoms with Gasteiger partial charge in [0, 0.05) is 25.5 Å². The van der Waals surface area contributed by atoms with Crippen molar-refractivity contribution in [1.29, 1.82) is 0 Å². The largest absolute Gasteiger partial charge is 0.369 e. The summed E-state index contributed by atoms with van der Waals surface area (Å²) < 4.78 is 4.13. The van der Waals surface area contributed by atoms with Gasteiger partial charge in [-0.2, -0.15) is 0 Å². The fraction of sp³-hybridized carbons (Fsp3) is 0.231. The lowest BCUT2D eigenvalue weighted by Crippen LogP contribution is -2.06. The number of rotatable bonds is 4. The summed E-state index contributed by atoms with van der Waals surface area (Å²) in [7, 11) is 0. The van der Waals surface area contributed by atoms with Crippen LogP contribution in [0.25, 0.3) is 11.0 Å². The van der Waals surface area contributed by atoms with Crippen LogP contribution in [-0.2, 0) is 13.1 Å². The van der Waals surface area contributed by atoms with E-state index in [-0.39, 0.29) is 0 Å². The summed E-state index contributed by atoms with van der Waals surface area (Å²) in [6.07, 6.45) is 6.59. The number of benzene rings is 1. The smallest absolute Gasteiger partial charge is 0.201 e. The molecule has 0 unspecified atom stereocenters. The molecule has 0 atom stereocenters. The fourth-order valence-electron chi connectivity index (χ4n) is 2.16. The zero-order valence-electron chi connectivity index (χ0n) is 10.0. The second-order valence-electron chi connectivity index (χ2n) is 4.26. The Morgan fingerprint density at radius 1 is 1.17 bits per heavy atom. The third-order valence-corrected chi connectivity index (χ3v) is 3.04. The second kappa shape index (κ2) is 4.52. The van der Waals surface area contributed by atoms with E-state index in [1.807, 2.05) is 30.7 Å². The molecule has 0 radical (unpaired) electrons. The molecule has 0 saturated carbocycles. The number of hydrogen-bond acceptors (Lipinski definition) is 3. The van der Waals surface area contributed by atoms with E-state index >= 15 is 0 Å². The van der Waals surface area contributed by atoms with Crippen LogP contribution in [0, 0.1) is 0 Å². The summed E-state index contributed by atoms with van der Waals surface area (Å²) in [5.74, 6) is 0.585. The first-order chi connectivity index (χ1) is 8.84. The molecule has 0 bridgehead atoms. The number of aryl methyl sites for hydroxylation is 2. The summed E-state index contributed by atoms with van der Waals surface area (Å²) in [5, 5.41) is 0. The van der Waals surface area contributed by atoms with Crippen molar-refractivity contribution in [2.24, 2.45) is 0 Å². The highest BCUT2D eigenvalue weighted by molar-refractivity contribution is 5.78. The molecule has 0 aliphatic heterocycles. The SMILES string of the molecule is Nc1nc2ccccc2n1CCCn1ccnc1. The van der Waals surface area contributed by atoms with Gasteiger partial charge in [0.2, 0.25) is 5.95 Å². The van der Waals surface area contributed by atoms with Crippen molar-refractivity contribution < 1.29 is 0 Å². The predicted octanol–water partition coefficient (Wildman–Crippen LogP) is 1.91. The Balaban J connectivity index is 1.76. The molecule has 18 heavy (non-hydrogen) atoms. The Labute approximate surface area is 105 Å². The third-order valence-electron chi connectivity index (χ3n) is 3.04. The number of imidazole rings is 2. The van der Waals surface area contributed by atoms with E-state index < -0.39 is 0 Å². The van der Waals surface area contributed by atoms with E-state index in [2.05, 4.69) is 25.2 Å². The van der Waals surface area contributed by atoms with Gasteiger partial charge in [-0.25, -0.2) is 9.97 Å². The maximum Gasteiger partial charge on any atom is 0.201 e. The summed E-state index contributed by atoms with van der Waals surface area (Å²) >= 11 is 0. The fourth-order valence-corrected chi connectivity index (χ4v) is 2.16. The van der Waals surface area contributed by atoms with Gasteiger partial charge in [-0.05, 0) is 18.6 Å². The molecule has 0 amide bonds. The van der Waals surface area contributed by atoms with Gasteiger partial charge in [0.15, 0.2) is 0 Å². The first kappa shape index (κ1) is 10.8. The molecule has 5 nitrogen and oxygen atoms in total. The minimum absolute atomic E-state index is 0.585. The molecule has 0 spiro atoms. The monoisotopic (exact) mass is 241 g/mol. The first-order valence-corrected chi connectivity index (χ1v) is 6.01. The second-order valence-corrected chi connectivity index (χ2v) is 4.26. The molecule has 0 fully saturated rings. The molecule has 2 N–H and O–H groups in total. The molecule has 3 aromatic rings. The molecule has 0 aliphatic rings. The molecule has 0 saturated heterocycles. The maximum absolute atomic E-state index is 5.95. The average molecular weight is 241 g/mol. The van der Waals surface area contributed by atoms with Crippen molar-refractivity contribution in [3.63, 3.8) is 0 Å². The molecular weight excluding hydrogens is 226 g/mol. The molecule has 1 aromatic carbocycles. The number of para-hydroxylation sites is 2. The lowest BCUT2D eigenvalue weighted by molar-refractivity contribution is 0.575. The minimum Gasteiger partial charge on any atom is -0.369 e. The number of anilines is 1.